The molecule has 11 heteroatoms. The van der Waals surface area contributed by atoms with Crippen molar-refractivity contribution in [2.75, 3.05) is 13.2 Å². The Morgan fingerprint density at radius 3 is 1.28 bits per heavy atom. The fraction of sp³-hybridized carbons (Fsp3) is 0.718. The van der Waals surface area contributed by atoms with E-state index >= 15 is 0 Å². The summed E-state index contributed by atoms with van der Waals surface area (Å²) >= 11 is 0. The number of carbonyl (C=O) groups is 2. The lowest BCUT2D eigenvalue weighted by Gasteiger charge is -2.41. The van der Waals surface area contributed by atoms with Gasteiger partial charge in [0.2, 0.25) is 5.91 Å². The highest BCUT2D eigenvalue weighted by molar-refractivity contribution is 5.80. The topological polar surface area (TPSA) is 175 Å². The van der Waals surface area contributed by atoms with Gasteiger partial charge in [-0.2, -0.15) is 0 Å². The maximum atomic E-state index is 13.4. The van der Waals surface area contributed by atoms with Crippen molar-refractivity contribution in [2.24, 2.45) is 0 Å². The molecular weight excluding hydrogens is 1030 g/mol. The van der Waals surface area contributed by atoms with Gasteiger partial charge in [-0.3, -0.25) is 9.59 Å². The van der Waals surface area contributed by atoms with Crippen LogP contribution in [0.15, 0.2) is 109 Å². The minimum atomic E-state index is -1.63. The Morgan fingerprint density at radius 2 is 0.841 bits per heavy atom. The molecule has 8 unspecified atom stereocenters. The van der Waals surface area contributed by atoms with Gasteiger partial charge in [0.15, 0.2) is 12.4 Å². The van der Waals surface area contributed by atoms with Crippen molar-refractivity contribution in [1.29, 1.82) is 0 Å². The van der Waals surface area contributed by atoms with Crippen LogP contribution in [0.3, 0.4) is 0 Å². The average molecular weight is 1150 g/mol. The number of ether oxygens (including phenoxy) is 3. The van der Waals surface area contributed by atoms with Gasteiger partial charge >= 0.3 is 5.97 Å². The summed E-state index contributed by atoms with van der Waals surface area (Å²) in [6.07, 6.45) is 68.2. The van der Waals surface area contributed by atoms with Crippen molar-refractivity contribution in [2.45, 2.75) is 314 Å². The summed E-state index contributed by atoms with van der Waals surface area (Å²) in [7, 11) is 0. The van der Waals surface area contributed by atoms with Crippen molar-refractivity contribution < 1.29 is 49.3 Å². The summed E-state index contributed by atoms with van der Waals surface area (Å²) in [4.78, 5) is 26.6. The second kappa shape index (κ2) is 57.7. The molecule has 11 nitrogen and oxygen atoms in total. The van der Waals surface area contributed by atoms with Crippen LogP contribution in [-0.2, 0) is 23.8 Å². The summed E-state index contributed by atoms with van der Waals surface area (Å²) in [5.74, 6) is -1.24. The van der Waals surface area contributed by atoms with Gasteiger partial charge in [0.1, 0.15) is 24.4 Å². The Hall–Kier alpha value is -3.68. The van der Waals surface area contributed by atoms with E-state index in [-0.39, 0.29) is 19.4 Å². The zero-order chi connectivity index (χ0) is 59.6. The van der Waals surface area contributed by atoms with Crippen molar-refractivity contribution in [3.8, 4) is 0 Å². The van der Waals surface area contributed by atoms with E-state index in [0.717, 1.165) is 122 Å². The second-order valence-electron chi connectivity index (χ2n) is 22.5. The number of esters is 1. The number of nitrogens with one attached hydrogen (secondary N) is 1. The molecule has 0 aromatic heterocycles. The van der Waals surface area contributed by atoms with Gasteiger partial charge in [-0.05, 0) is 116 Å². The third-order valence-electron chi connectivity index (χ3n) is 14.9. The molecule has 0 aliphatic carbocycles. The number of amides is 1. The standard InChI is InChI=1S/C71H121NO10/c1-4-7-10-13-16-19-22-25-27-29-31-33-35-37-39-41-44-47-50-53-56-59-66(76)82-69-68(78)67(77)65(60-73)81-71(69)80-61-62(63(74)57-54-51-48-45-42-24-21-18-15-12-9-6-3)72-70(79)64(75)58-55-52-49-46-43-40-38-36-34-32-30-28-26-23-20-17-14-11-8-5-2/h16-17,19-20,25-28,31-34,37-40,54,57,62-65,67-69,71,73-75,77-78H,4-15,18,21-24,29-30,35-36,41-53,55-56,58-61H2,1-3H3,(H,72,79)/b19-16-,20-17-,27-25-,28-26-,33-31-,34-32-,39-37-,40-38-,57-54+. The number of allylic oxidation sites excluding steroid dienone is 17. The molecule has 1 rings (SSSR count). The average Bonchev–Trinajstić information content (AvgIpc) is 3.44. The summed E-state index contributed by atoms with van der Waals surface area (Å²) in [5, 5.41) is 57.1. The van der Waals surface area contributed by atoms with Gasteiger partial charge in [-0.25, -0.2) is 0 Å². The number of carbonyl (C=O) groups excluding carboxylic acids is 2. The first-order valence-electron chi connectivity index (χ1n) is 33.2. The quantitative estimate of drug-likeness (QED) is 0.0195. The number of hydrogen-bond donors (Lipinski definition) is 6. The third kappa shape index (κ3) is 44.8. The highest BCUT2D eigenvalue weighted by Gasteiger charge is 2.47. The smallest absolute Gasteiger partial charge is 0.306 e. The summed E-state index contributed by atoms with van der Waals surface area (Å²) < 4.78 is 17.6. The van der Waals surface area contributed by atoms with Gasteiger partial charge in [0, 0.05) is 6.42 Å². The minimum Gasteiger partial charge on any atom is -0.454 e. The van der Waals surface area contributed by atoms with E-state index in [0.29, 0.717) is 12.8 Å². The van der Waals surface area contributed by atoms with Crippen LogP contribution in [0.1, 0.15) is 265 Å². The molecule has 1 aliphatic rings. The number of aliphatic hydroxyl groups excluding tert-OH is 5. The Kier molecular flexibility index (Phi) is 53.7. The first-order valence-corrected chi connectivity index (χ1v) is 33.2. The first kappa shape index (κ1) is 76.3. The predicted octanol–water partition coefficient (Wildman–Crippen LogP) is 16.4. The van der Waals surface area contributed by atoms with E-state index in [1.165, 1.54) is 96.3 Å². The Balaban J connectivity index is 2.68. The lowest BCUT2D eigenvalue weighted by atomic mass is 9.99. The fourth-order valence-electron chi connectivity index (χ4n) is 9.62. The zero-order valence-corrected chi connectivity index (χ0v) is 52.1. The highest BCUT2D eigenvalue weighted by atomic mass is 16.7. The minimum absolute atomic E-state index is 0.0944. The lowest BCUT2D eigenvalue weighted by molar-refractivity contribution is -0.305. The second-order valence-corrected chi connectivity index (χ2v) is 22.5. The molecule has 0 bridgehead atoms. The Morgan fingerprint density at radius 1 is 0.476 bits per heavy atom. The van der Waals surface area contributed by atoms with Gasteiger partial charge in [-0.1, -0.05) is 252 Å². The van der Waals surface area contributed by atoms with Gasteiger partial charge < -0.3 is 45.1 Å². The number of unbranched alkanes of at least 4 members (excludes halogenated alkanes) is 25. The molecule has 0 saturated carbocycles. The predicted molar refractivity (Wildman–Crippen MR) is 342 cm³/mol. The van der Waals surface area contributed by atoms with E-state index in [9.17, 15) is 35.1 Å². The molecule has 1 fully saturated rings. The molecule has 1 aliphatic heterocycles. The molecule has 0 aromatic carbocycles. The zero-order valence-electron chi connectivity index (χ0n) is 52.1. The van der Waals surface area contributed by atoms with Crippen LogP contribution in [0.25, 0.3) is 0 Å². The molecule has 1 amide bonds. The van der Waals surface area contributed by atoms with Crippen molar-refractivity contribution in [3.05, 3.63) is 109 Å². The van der Waals surface area contributed by atoms with Gasteiger partial charge in [0.25, 0.3) is 0 Å². The van der Waals surface area contributed by atoms with E-state index < -0.39 is 67.4 Å². The van der Waals surface area contributed by atoms with Crippen LogP contribution in [0, 0.1) is 0 Å². The van der Waals surface area contributed by atoms with Crippen LogP contribution >= 0.6 is 0 Å². The van der Waals surface area contributed by atoms with Crippen LogP contribution < -0.4 is 5.32 Å². The summed E-state index contributed by atoms with van der Waals surface area (Å²) in [6.45, 7) is 5.71. The number of hydrogen-bond acceptors (Lipinski definition) is 10. The largest absolute Gasteiger partial charge is 0.454 e. The Bertz CT molecular complexity index is 1750. The fourth-order valence-corrected chi connectivity index (χ4v) is 9.62. The molecule has 0 radical (unpaired) electrons. The first-order chi connectivity index (χ1) is 40.2. The summed E-state index contributed by atoms with van der Waals surface area (Å²) in [6, 6.07) is -1.05. The molecule has 0 spiro atoms. The van der Waals surface area contributed by atoms with Crippen LogP contribution in [-0.4, -0.2) is 99.6 Å². The molecule has 6 N–H and O–H groups in total. The van der Waals surface area contributed by atoms with E-state index in [4.69, 9.17) is 14.2 Å². The van der Waals surface area contributed by atoms with Crippen molar-refractivity contribution in [3.63, 3.8) is 0 Å². The van der Waals surface area contributed by atoms with Gasteiger partial charge in [-0.15, -0.1) is 0 Å². The van der Waals surface area contributed by atoms with Crippen LogP contribution in [0.4, 0.5) is 0 Å². The molecule has 82 heavy (non-hydrogen) atoms. The maximum Gasteiger partial charge on any atom is 0.306 e. The maximum absolute atomic E-state index is 13.4. The molecule has 8 atom stereocenters. The number of aliphatic hydroxyl groups is 5. The normalized spacial score (nSPS) is 19.3. The van der Waals surface area contributed by atoms with Crippen molar-refractivity contribution >= 4 is 11.9 Å². The molecule has 1 saturated heterocycles. The van der Waals surface area contributed by atoms with Crippen molar-refractivity contribution in [1.82, 2.24) is 5.32 Å². The monoisotopic (exact) mass is 1150 g/mol. The van der Waals surface area contributed by atoms with E-state index in [1.54, 1.807) is 6.08 Å². The van der Waals surface area contributed by atoms with E-state index in [1.807, 2.05) is 6.08 Å². The van der Waals surface area contributed by atoms with Crippen LogP contribution in [0.2, 0.25) is 0 Å². The lowest BCUT2D eigenvalue weighted by Crippen LogP contribution is -2.61. The Labute approximate surface area is 500 Å². The summed E-state index contributed by atoms with van der Waals surface area (Å²) in [5.41, 5.74) is 0. The number of rotatable bonds is 55. The third-order valence-corrected chi connectivity index (χ3v) is 14.9. The molecule has 0 aromatic rings. The van der Waals surface area contributed by atoms with E-state index in [2.05, 4.69) is 123 Å². The SMILES string of the molecule is CCCCC/C=C\C/C=C\C/C=C\C/C=C\CCCCCCCC(=O)OC1C(OCC(NC(=O)C(O)CCCCCC/C=C\C/C=C\C/C=C\C/C=C\CCCCC)C(O)/C=C/CCCCCCCCCCCC)OC(CO)C(O)C1O. The molecular formula is C71H121NO10. The molecule has 470 valence electrons. The van der Waals surface area contributed by atoms with Gasteiger partial charge in [0.05, 0.1) is 25.4 Å². The highest BCUT2D eigenvalue weighted by Crippen LogP contribution is 2.26. The van der Waals surface area contributed by atoms with Crippen LogP contribution in [0.5, 0.6) is 0 Å². The molecule has 1 heterocycles.